The Kier molecular flexibility index (Phi) is 7.66. The monoisotopic (exact) mass is 406 g/mol. The number of aromatic nitrogens is 2. The van der Waals surface area contributed by atoms with Gasteiger partial charge in [-0.15, -0.1) is 24.8 Å². The molecule has 0 saturated carbocycles. The first-order chi connectivity index (χ1) is 12.3. The Balaban J connectivity index is 0.00000131. The van der Waals surface area contributed by atoms with Gasteiger partial charge in [0.1, 0.15) is 0 Å². The Morgan fingerprint density at radius 3 is 2.78 bits per heavy atom. The van der Waals surface area contributed by atoms with Crippen molar-refractivity contribution in [3.63, 3.8) is 0 Å². The number of para-hydroxylation sites is 2. The number of hydrogen-bond donors (Lipinski definition) is 2. The van der Waals surface area contributed by atoms with E-state index in [1.54, 1.807) is 0 Å². The van der Waals surface area contributed by atoms with Crippen molar-refractivity contribution in [2.75, 3.05) is 13.1 Å². The highest BCUT2D eigenvalue weighted by molar-refractivity contribution is 5.85. The predicted molar refractivity (Wildman–Crippen MR) is 113 cm³/mol. The molecule has 0 spiro atoms. The normalized spacial score (nSPS) is 15.8. The molecule has 1 atom stereocenters. The molecule has 5 nitrogen and oxygen atoms in total. The highest BCUT2D eigenvalue weighted by Crippen LogP contribution is 2.15. The first-order valence-electron chi connectivity index (χ1n) is 8.76. The molecule has 1 amide bonds. The van der Waals surface area contributed by atoms with E-state index in [-0.39, 0.29) is 36.6 Å². The molecule has 1 unspecified atom stereocenters. The van der Waals surface area contributed by atoms with Crippen molar-refractivity contribution in [3.8, 4) is 0 Å². The van der Waals surface area contributed by atoms with Crippen LogP contribution in [0.2, 0.25) is 0 Å². The Hall–Kier alpha value is -2.08. The highest BCUT2D eigenvalue weighted by atomic mass is 35.5. The molecule has 2 N–H and O–H groups in total. The third-order valence-electron chi connectivity index (χ3n) is 4.77. The lowest BCUT2D eigenvalue weighted by molar-refractivity contribution is -0.124. The summed E-state index contributed by atoms with van der Waals surface area (Å²) in [5.74, 6) is 0.261. The molecular formula is C20H24Cl2N4O. The Morgan fingerprint density at radius 2 is 1.96 bits per heavy atom. The van der Waals surface area contributed by atoms with Gasteiger partial charge in [0.05, 0.1) is 23.3 Å². The van der Waals surface area contributed by atoms with Crippen LogP contribution in [0.25, 0.3) is 11.0 Å². The smallest absolute Gasteiger partial charge is 0.224 e. The van der Waals surface area contributed by atoms with E-state index < -0.39 is 0 Å². The second-order valence-corrected chi connectivity index (χ2v) is 6.59. The molecule has 1 fully saturated rings. The summed E-state index contributed by atoms with van der Waals surface area (Å²) in [5, 5.41) is 6.29. The van der Waals surface area contributed by atoms with Gasteiger partial charge in [-0.2, -0.15) is 0 Å². The minimum Gasteiger partial charge on any atom is -0.352 e. The first-order valence-corrected chi connectivity index (χ1v) is 8.76. The zero-order valence-electron chi connectivity index (χ0n) is 14.9. The molecule has 1 saturated heterocycles. The Labute approximate surface area is 171 Å². The van der Waals surface area contributed by atoms with Crippen LogP contribution in [0.5, 0.6) is 0 Å². The summed E-state index contributed by atoms with van der Waals surface area (Å²) in [6.45, 7) is 3.08. The van der Waals surface area contributed by atoms with Crippen LogP contribution in [0.3, 0.4) is 0 Å². The van der Waals surface area contributed by atoms with Crippen molar-refractivity contribution in [1.29, 1.82) is 0 Å². The third kappa shape index (κ3) is 5.01. The van der Waals surface area contributed by atoms with Crippen molar-refractivity contribution >= 4 is 41.8 Å². The van der Waals surface area contributed by atoms with Crippen LogP contribution in [-0.4, -0.2) is 28.5 Å². The maximum absolute atomic E-state index is 12.1. The zero-order chi connectivity index (χ0) is 17.1. The second kappa shape index (κ2) is 9.74. The molecule has 2 heterocycles. The van der Waals surface area contributed by atoms with Gasteiger partial charge in [-0.3, -0.25) is 4.79 Å². The number of carbonyl (C=O) groups is 1. The van der Waals surface area contributed by atoms with Crippen LogP contribution in [0.4, 0.5) is 0 Å². The van der Waals surface area contributed by atoms with Gasteiger partial charge in [-0.25, -0.2) is 4.98 Å². The lowest BCUT2D eigenvalue weighted by Crippen LogP contribution is -2.31. The first kappa shape index (κ1) is 21.2. The molecular weight excluding hydrogens is 383 g/mol. The van der Waals surface area contributed by atoms with E-state index in [2.05, 4.69) is 44.5 Å². The summed E-state index contributed by atoms with van der Waals surface area (Å²) in [7, 11) is 0. The maximum atomic E-state index is 12.1. The van der Waals surface area contributed by atoms with Crippen molar-refractivity contribution in [1.82, 2.24) is 20.2 Å². The molecule has 0 aliphatic carbocycles. The number of halogens is 2. The fourth-order valence-corrected chi connectivity index (χ4v) is 3.38. The lowest BCUT2D eigenvalue weighted by Gasteiger charge is -2.11. The van der Waals surface area contributed by atoms with Crippen molar-refractivity contribution < 1.29 is 4.79 Å². The molecule has 3 aromatic rings. The third-order valence-corrected chi connectivity index (χ3v) is 4.77. The van der Waals surface area contributed by atoms with Crippen LogP contribution in [0.15, 0.2) is 54.9 Å². The predicted octanol–water partition coefficient (Wildman–Crippen LogP) is 3.15. The minimum absolute atomic E-state index is 0. The van der Waals surface area contributed by atoms with E-state index in [9.17, 15) is 4.79 Å². The molecule has 1 aliphatic rings. The molecule has 7 heteroatoms. The van der Waals surface area contributed by atoms with E-state index in [0.29, 0.717) is 6.54 Å². The van der Waals surface area contributed by atoms with E-state index in [4.69, 9.17) is 0 Å². The van der Waals surface area contributed by atoms with E-state index >= 15 is 0 Å². The molecule has 1 aliphatic heterocycles. The standard InChI is InChI=1S/C20H22N4O.2ClH/c25-20(17-8-9-21-12-17)22-11-15-4-3-5-16(10-15)13-24-14-23-18-6-1-2-7-19(18)24;;/h1-7,10,14,17,21H,8-9,11-13H2,(H,22,25);2*1H. The number of hydrogen-bond acceptors (Lipinski definition) is 3. The highest BCUT2D eigenvalue weighted by Gasteiger charge is 2.21. The number of nitrogens with one attached hydrogen (secondary N) is 2. The Bertz CT molecular complexity index is 890. The summed E-state index contributed by atoms with van der Waals surface area (Å²) >= 11 is 0. The van der Waals surface area contributed by atoms with Crippen molar-refractivity contribution in [2.24, 2.45) is 5.92 Å². The summed E-state index contributed by atoms with van der Waals surface area (Å²) in [5.41, 5.74) is 4.48. The van der Waals surface area contributed by atoms with Gasteiger partial charge in [-0.1, -0.05) is 36.4 Å². The summed E-state index contributed by atoms with van der Waals surface area (Å²) in [6, 6.07) is 16.5. The van der Waals surface area contributed by atoms with Crippen molar-refractivity contribution in [2.45, 2.75) is 19.5 Å². The number of fused-ring (bicyclic) bond motifs is 1. The van der Waals surface area contributed by atoms with Crippen LogP contribution in [0.1, 0.15) is 17.5 Å². The number of rotatable bonds is 5. The SMILES string of the molecule is Cl.Cl.O=C(NCc1cccc(Cn2cnc3ccccc32)c1)C1CCNC1. The van der Waals surface area contributed by atoms with E-state index in [0.717, 1.165) is 42.7 Å². The van der Waals surface area contributed by atoms with Gasteiger partial charge in [-0.05, 0) is 36.2 Å². The van der Waals surface area contributed by atoms with Crippen LogP contribution < -0.4 is 10.6 Å². The fourth-order valence-electron chi connectivity index (χ4n) is 3.38. The summed E-state index contributed by atoms with van der Waals surface area (Å²) < 4.78 is 2.15. The molecule has 2 aromatic carbocycles. The molecule has 0 radical (unpaired) electrons. The summed E-state index contributed by atoms with van der Waals surface area (Å²) in [4.78, 5) is 16.6. The number of nitrogens with zero attached hydrogens (tertiary/aromatic N) is 2. The number of carbonyl (C=O) groups excluding carboxylic acids is 1. The van der Waals surface area contributed by atoms with Gasteiger partial charge in [0, 0.05) is 19.6 Å². The van der Waals surface area contributed by atoms with Gasteiger partial charge < -0.3 is 15.2 Å². The quantitative estimate of drug-likeness (QED) is 0.683. The molecule has 4 rings (SSSR count). The molecule has 0 bridgehead atoms. The number of amides is 1. The lowest BCUT2D eigenvalue weighted by atomic mass is 10.1. The average molecular weight is 407 g/mol. The largest absolute Gasteiger partial charge is 0.352 e. The van der Waals surface area contributed by atoms with E-state index in [1.165, 1.54) is 5.56 Å². The Morgan fingerprint density at radius 1 is 1.15 bits per heavy atom. The topological polar surface area (TPSA) is 59.0 Å². The van der Waals surface area contributed by atoms with Crippen LogP contribution in [0, 0.1) is 5.92 Å². The van der Waals surface area contributed by atoms with Crippen molar-refractivity contribution in [3.05, 3.63) is 66.0 Å². The van der Waals surface area contributed by atoms with Gasteiger partial charge in [0.15, 0.2) is 0 Å². The molecule has 1 aromatic heterocycles. The van der Waals surface area contributed by atoms with E-state index in [1.807, 2.05) is 30.6 Å². The van der Waals surface area contributed by atoms with Crippen LogP contribution in [-0.2, 0) is 17.9 Å². The average Bonchev–Trinajstić information content (AvgIpc) is 3.31. The number of imidazole rings is 1. The second-order valence-electron chi connectivity index (χ2n) is 6.59. The maximum Gasteiger partial charge on any atom is 0.224 e. The fraction of sp³-hybridized carbons (Fsp3) is 0.300. The van der Waals surface area contributed by atoms with Gasteiger partial charge in [0.25, 0.3) is 0 Å². The zero-order valence-corrected chi connectivity index (χ0v) is 16.6. The molecule has 144 valence electrons. The molecule has 27 heavy (non-hydrogen) atoms. The van der Waals surface area contributed by atoms with Gasteiger partial charge >= 0.3 is 0 Å². The summed E-state index contributed by atoms with van der Waals surface area (Å²) in [6.07, 6.45) is 2.81. The van der Waals surface area contributed by atoms with Crippen LogP contribution >= 0.6 is 24.8 Å². The van der Waals surface area contributed by atoms with Gasteiger partial charge in [0.2, 0.25) is 5.91 Å². The minimum atomic E-state index is 0. The number of benzene rings is 2.